The fourth-order valence-corrected chi connectivity index (χ4v) is 1.66. The van der Waals surface area contributed by atoms with Crippen LogP contribution >= 0.6 is 0 Å². The Morgan fingerprint density at radius 1 is 1.35 bits per heavy atom. The zero-order valence-electron chi connectivity index (χ0n) is 10.3. The Morgan fingerprint density at radius 2 is 2.24 bits per heavy atom. The summed E-state index contributed by atoms with van der Waals surface area (Å²) in [7, 11) is 0. The van der Waals surface area contributed by atoms with E-state index in [0.29, 0.717) is 0 Å². The maximum atomic E-state index is 4.37. The van der Waals surface area contributed by atoms with Crippen LogP contribution in [0.1, 0.15) is 24.6 Å². The normalized spacial score (nSPS) is 10.7. The van der Waals surface area contributed by atoms with Gasteiger partial charge in [-0.1, -0.05) is 6.92 Å². The molecule has 0 saturated heterocycles. The molecule has 0 radical (unpaired) electrons. The van der Waals surface area contributed by atoms with Gasteiger partial charge >= 0.3 is 0 Å². The second-order valence-corrected chi connectivity index (χ2v) is 4.13. The summed E-state index contributed by atoms with van der Waals surface area (Å²) in [5.41, 5.74) is 3.21. The molecule has 0 aromatic carbocycles. The van der Waals surface area contributed by atoms with Gasteiger partial charge in [-0.15, -0.1) is 0 Å². The van der Waals surface area contributed by atoms with E-state index in [4.69, 9.17) is 0 Å². The minimum absolute atomic E-state index is 0.856. The first kappa shape index (κ1) is 11.8. The minimum atomic E-state index is 0.856. The number of aromatic nitrogens is 3. The molecular weight excluding hydrogens is 212 g/mol. The molecule has 2 aromatic rings. The van der Waals surface area contributed by atoms with Gasteiger partial charge in [-0.05, 0) is 37.6 Å². The fraction of sp³-hybridized carbons (Fsp3) is 0.385. The number of nitrogens with zero attached hydrogens (tertiary/aromatic N) is 3. The molecule has 0 fully saturated rings. The number of nitrogens with one attached hydrogen (secondary N) is 1. The molecule has 2 aromatic heterocycles. The van der Waals surface area contributed by atoms with Gasteiger partial charge in [0.1, 0.15) is 0 Å². The molecule has 0 amide bonds. The van der Waals surface area contributed by atoms with Gasteiger partial charge in [-0.2, -0.15) is 5.10 Å². The number of aryl methyl sites for hydroxylation is 1. The van der Waals surface area contributed by atoms with E-state index in [1.54, 1.807) is 0 Å². The Kier molecular flexibility index (Phi) is 3.88. The van der Waals surface area contributed by atoms with Crippen LogP contribution in [0.3, 0.4) is 0 Å². The van der Waals surface area contributed by atoms with Crippen molar-refractivity contribution in [3.05, 3.63) is 42.0 Å². The third kappa shape index (κ3) is 3.14. The lowest BCUT2D eigenvalue weighted by molar-refractivity contribution is 0.673. The number of rotatable bonds is 5. The van der Waals surface area contributed by atoms with Crippen LogP contribution in [0.2, 0.25) is 0 Å². The van der Waals surface area contributed by atoms with Gasteiger partial charge in [0, 0.05) is 18.9 Å². The highest BCUT2D eigenvalue weighted by Crippen LogP contribution is 2.08. The highest BCUT2D eigenvalue weighted by atomic mass is 15.3. The quantitative estimate of drug-likeness (QED) is 0.800. The first-order valence-corrected chi connectivity index (χ1v) is 5.97. The van der Waals surface area contributed by atoms with Crippen molar-refractivity contribution in [2.24, 2.45) is 0 Å². The predicted octanol–water partition coefficient (Wildman–Crippen LogP) is 2.08. The molecule has 0 aliphatic rings. The minimum Gasteiger partial charge on any atom is -0.313 e. The van der Waals surface area contributed by atoms with Crippen molar-refractivity contribution in [3.63, 3.8) is 0 Å². The van der Waals surface area contributed by atoms with Gasteiger partial charge in [0.05, 0.1) is 17.6 Å². The zero-order valence-corrected chi connectivity index (χ0v) is 10.3. The Hall–Kier alpha value is -1.68. The van der Waals surface area contributed by atoms with Gasteiger partial charge in [0.2, 0.25) is 0 Å². The fourth-order valence-electron chi connectivity index (χ4n) is 1.66. The third-order valence-electron chi connectivity index (χ3n) is 2.52. The van der Waals surface area contributed by atoms with Crippen LogP contribution in [0.4, 0.5) is 0 Å². The van der Waals surface area contributed by atoms with Gasteiger partial charge < -0.3 is 5.32 Å². The average molecular weight is 230 g/mol. The second-order valence-electron chi connectivity index (χ2n) is 4.13. The second kappa shape index (κ2) is 5.59. The lowest BCUT2D eigenvalue weighted by Crippen LogP contribution is -2.14. The maximum absolute atomic E-state index is 4.37. The molecule has 0 aliphatic heterocycles. The van der Waals surface area contributed by atoms with Crippen LogP contribution in [-0.4, -0.2) is 21.3 Å². The molecule has 1 N–H and O–H groups in total. The van der Waals surface area contributed by atoms with Crippen molar-refractivity contribution in [3.8, 4) is 5.69 Å². The molecule has 17 heavy (non-hydrogen) atoms. The number of hydrogen-bond acceptors (Lipinski definition) is 3. The summed E-state index contributed by atoms with van der Waals surface area (Å²) in [6, 6.07) is 4.10. The molecule has 2 rings (SSSR count). The summed E-state index contributed by atoms with van der Waals surface area (Å²) >= 11 is 0. The average Bonchev–Trinajstić information content (AvgIpc) is 2.77. The van der Waals surface area contributed by atoms with Crippen LogP contribution in [0.25, 0.3) is 5.69 Å². The van der Waals surface area contributed by atoms with Crippen molar-refractivity contribution in [1.82, 2.24) is 20.1 Å². The van der Waals surface area contributed by atoms with Crippen molar-refractivity contribution < 1.29 is 0 Å². The topological polar surface area (TPSA) is 42.7 Å². The first-order valence-electron chi connectivity index (χ1n) is 5.97. The molecule has 0 unspecified atom stereocenters. The van der Waals surface area contributed by atoms with Gasteiger partial charge in [0.25, 0.3) is 0 Å². The molecule has 0 atom stereocenters. The van der Waals surface area contributed by atoms with E-state index in [9.17, 15) is 0 Å². The summed E-state index contributed by atoms with van der Waals surface area (Å²) in [4.78, 5) is 4.25. The third-order valence-corrected chi connectivity index (χ3v) is 2.52. The number of pyridine rings is 1. The van der Waals surface area contributed by atoms with E-state index in [1.807, 2.05) is 36.3 Å². The van der Waals surface area contributed by atoms with E-state index in [0.717, 1.165) is 30.9 Å². The summed E-state index contributed by atoms with van der Waals surface area (Å²) in [6.07, 6.45) is 6.82. The van der Waals surface area contributed by atoms with E-state index in [-0.39, 0.29) is 0 Å². The Balaban J connectivity index is 2.11. The summed E-state index contributed by atoms with van der Waals surface area (Å²) in [6.45, 7) is 6.03. The first-order chi connectivity index (χ1) is 8.29. The van der Waals surface area contributed by atoms with Crippen LogP contribution < -0.4 is 5.32 Å². The highest BCUT2D eigenvalue weighted by Gasteiger charge is 2.00. The maximum Gasteiger partial charge on any atom is 0.0832 e. The molecule has 0 spiro atoms. The van der Waals surface area contributed by atoms with Crippen LogP contribution in [0.5, 0.6) is 0 Å². The molecule has 4 nitrogen and oxygen atoms in total. The lowest BCUT2D eigenvalue weighted by Gasteiger charge is -2.05. The molecule has 0 aliphatic carbocycles. The summed E-state index contributed by atoms with van der Waals surface area (Å²) in [5.74, 6) is 0. The standard InChI is InChI=1S/C13H18N4/c1-3-5-14-8-12-7-13(10-15-9-12)17-6-4-11(2)16-17/h4,6-7,9-10,14H,3,5,8H2,1-2H3. The van der Waals surface area contributed by atoms with E-state index in [1.165, 1.54) is 5.56 Å². The van der Waals surface area contributed by atoms with E-state index in [2.05, 4.69) is 28.4 Å². The molecule has 90 valence electrons. The van der Waals surface area contributed by atoms with Crippen LogP contribution in [0, 0.1) is 6.92 Å². The highest BCUT2D eigenvalue weighted by molar-refractivity contribution is 5.31. The predicted molar refractivity (Wildman–Crippen MR) is 68.1 cm³/mol. The summed E-state index contributed by atoms with van der Waals surface area (Å²) < 4.78 is 1.85. The Morgan fingerprint density at radius 3 is 2.94 bits per heavy atom. The van der Waals surface area contributed by atoms with E-state index >= 15 is 0 Å². The van der Waals surface area contributed by atoms with E-state index < -0.39 is 0 Å². The smallest absolute Gasteiger partial charge is 0.0832 e. The molecule has 4 heteroatoms. The van der Waals surface area contributed by atoms with Crippen molar-refractivity contribution in [2.75, 3.05) is 6.54 Å². The number of hydrogen-bond donors (Lipinski definition) is 1. The molecule has 0 bridgehead atoms. The van der Waals surface area contributed by atoms with Crippen LogP contribution in [0.15, 0.2) is 30.7 Å². The van der Waals surface area contributed by atoms with Gasteiger partial charge in [-0.25, -0.2) is 4.68 Å². The van der Waals surface area contributed by atoms with Crippen molar-refractivity contribution in [1.29, 1.82) is 0 Å². The molecule has 0 saturated carbocycles. The Bertz CT molecular complexity index is 476. The molecule has 2 heterocycles. The monoisotopic (exact) mass is 230 g/mol. The lowest BCUT2D eigenvalue weighted by atomic mass is 10.2. The van der Waals surface area contributed by atoms with Crippen molar-refractivity contribution >= 4 is 0 Å². The largest absolute Gasteiger partial charge is 0.313 e. The molecular formula is C13H18N4. The Labute approximate surface area is 102 Å². The summed E-state index contributed by atoms with van der Waals surface area (Å²) in [5, 5.41) is 7.74. The zero-order chi connectivity index (χ0) is 12.1. The van der Waals surface area contributed by atoms with Gasteiger partial charge in [0.15, 0.2) is 0 Å². The van der Waals surface area contributed by atoms with Crippen molar-refractivity contribution in [2.45, 2.75) is 26.8 Å². The van der Waals surface area contributed by atoms with Gasteiger partial charge in [-0.3, -0.25) is 4.98 Å². The van der Waals surface area contributed by atoms with Crippen LogP contribution in [-0.2, 0) is 6.54 Å². The SMILES string of the molecule is CCCNCc1cncc(-n2ccc(C)n2)c1.